The lowest BCUT2D eigenvalue weighted by Gasteiger charge is -2.39. The molecule has 2 heterocycles. The summed E-state index contributed by atoms with van der Waals surface area (Å²) >= 11 is 3.20. The summed E-state index contributed by atoms with van der Waals surface area (Å²) in [6, 6.07) is 4.35. The molecule has 2 aromatic heterocycles. The fourth-order valence-corrected chi connectivity index (χ4v) is 14.5. The Morgan fingerprint density at radius 3 is 1.21 bits per heavy atom. The van der Waals surface area contributed by atoms with Crippen LogP contribution in [-0.2, 0) is 24.6 Å². The van der Waals surface area contributed by atoms with Gasteiger partial charge in [-0.15, -0.1) is 22.7 Å². The second-order valence-electron chi connectivity index (χ2n) is 16.7. The Bertz CT molecular complexity index is 1630. The summed E-state index contributed by atoms with van der Waals surface area (Å²) in [5.41, 5.74) is 2.83. The fraction of sp³-hybridized carbons (Fsp3) is 0.650. The van der Waals surface area contributed by atoms with E-state index in [1.165, 1.54) is 78.7 Å². The van der Waals surface area contributed by atoms with Crippen molar-refractivity contribution in [2.24, 2.45) is 57.3 Å². The number of rotatable bonds is 2. The standard InChI is InChI=1S/C40H44N2O4S2/c43-34-24-14-20-8-2-3-9-21(20)15-25(24)35(44)32(34)41-30-18-28-38(47-30)39-29(40(28)12-6-1-7-13-40)19-31(48-39)42-33-36(45)26-16-22-10-4-5-11-23(22)17-27(26)37(33)46/h18-27H,1-17H2. The van der Waals surface area contributed by atoms with E-state index in [9.17, 15) is 19.2 Å². The maximum Gasteiger partial charge on any atom is 0.188 e. The van der Waals surface area contributed by atoms with Crippen LogP contribution in [0.1, 0.15) is 120 Å². The average molecular weight is 681 g/mol. The lowest BCUT2D eigenvalue weighted by Crippen LogP contribution is -2.35. The minimum Gasteiger partial charge on any atom is -0.292 e. The molecule has 0 aliphatic heterocycles. The quantitative estimate of drug-likeness (QED) is 0.316. The molecule has 8 heteroatoms. The van der Waals surface area contributed by atoms with Gasteiger partial charge in [-0.3, -0.25) is 19.2 Å². The zero-order valence-corrected chi connectivity index (χ0v) is 29.3. The van der Waals surface area contributed by atoms with Crippen molar-refractivity contribution in [1.82, 2.24) is 0 Å². The van der Waals surface area contributed by atoms with Gasteiger partial charge < -0.3 is 0 Å². The van der Waals surface area contributed by atoms with E-state index in [2.05, 4.69) is 12.1 Å². The van der Waals surface area contributed by atoms with Gasteiger partial charge in [-0.05, 0) is 85.5 Å². The van der Waals surface area contributed by atoms with Gasteiger partial charge in [0, 0.05) is 29.1 Å². The Hall–Kier alpha value is -2.58. The third-order valence-electron chi connectivity index (χ3n) is 14.4. The number of fused-ring (bicyclic) bond motifs is 9. The van der Waals surface area contributed by atoms with Crippen LogP contribution in [0.5, 0.6) is 0 Å². The van der Waals surface area contributed by atoms with Crippen LogP contribution in [0.4, 0.5) is 10.0 Å². The number of thiophene rings is 2. The first kappa shape index (κ1) is 30.3. The Balaban J connectivity index is 0.980. The zero-order chi connectivity index (χ0) is 32.3. The molecule has 0 amide bonds. The van der Waals surface area contributed by atoms with Crippen LogP contribution < -0.4 is 0 Å². The van der Waals surface area contributed by atoms with Gasteiger partial charge in [0.25, 0.3) is 0 Å². The molecule has 1 spiro atoms. The number of Topliss-reactive ketones (excluding diaryl/α,β-unsaturated/α-hetero) is 4. The van der Waals surface area contributed by atoms with Crippen molar-refractivity contribution in [3.05, 3.63) is 23.3 Å². The molecule has 7 saturated carbocycles. The van der Waals surface area contributed by atoms with Gasteiger partial charge in [0.2, 0.25) is 0 Å². The van der Waals surface area contributed by atoms with Crippen LogP contribution in [0.3, 0.4) is 0 Å². The molecule has 0 N–H and O–H groups in total. The highest BCUT2D eigenvalue weighted by Crippen LogP contribution is 2.63. The van der Waals surface area contributed by atoms with E-state index in [-0.39, 0.29) is 63.6 Å². The van der Waals surface area contributed by atoms with E-state index in [1.807, 2.05) is 0 Å². The summed E-state index contributed by atoms with van der Waals surface area (Å²) in [4.78, 5) is 66.8. The molecule has 0 saturated heterocycles. The van der Waals surface area contributed by atoms with E-state index in [4.69, 9.17) is 9.98 Å². The molecular weight excluding hydrogens is 637 g/mol. The van der Waals surface area contributed by atoms with Crippen molar-refractivity contribution in [3.8, 4) is 9.75 Å². The number of hydrogen-bond donors (Lipinski definition) is 0. The van der Waals surface area contributed by atoms with Crippen LogP contribution in [0.2, 0.25) is 0 Å². The van der Waals surface area contributed by atoms with Gasteiger partial charge >= 0.3 is 0 Å². The molecular formula is C40H44N2O4S2. The second-order valence-corrected chi connectivity index (χ2v) is 18.7. The van der Waals surface area contributed by atoms with Gasteiger partial charge in [-0.1, -0.05) is 70.6 Å². The van der Waals surface area contributed by atoms with Crippen molar-refractivity contribution >= 4 is 67.2 Å². The fourth-order valence-electron chi connectivity index (χ4n) is 12.1. The van der Waals surface area contributed by atoms with Crippen LogP contribution in [0.25, 0.3) is 9.75 Å². The SMILES string of the molecule is O=C1C(=Nc2cc3c(s2)-c2sc(N=C4C(=O)C5CC6CCCCC6CC5C4=O)cc2C32CCCCC2)C(=O)C2CC3CCCCC3CC12. The molecule has 10 rings (SSSR count). The zero-order valence-electron chi connectivity index (χ0n) is 27.6. The Kier molecular flexibility index (Phi) is 7.07. The number of hydrogen-bond acceptors (Lipinski definition) is 8. The first-order valence-corrected chi connectivity index (χ1v) is 20.7. The number of carbonyl (C=O) groups excluding carboxylic acids is 4. The lowest BCUT2D eigenvalue weighted by atomic mass is 9.64. The van der Waals surface area contributed by atoms with E-state index in [1.54, 1.807) is 22.7 Å². The molecule has 8 unspecified atom stereocenters. The van der Waals surface area contributed by atoms with Gasteiger partial charge in [0.1, 0.15) is 10.0 Å². The summed E-state index contributed by atoms with van der Waals surface area (Å²) in [6.07, 6.45) is 18.8. The van der Waals surface area contributed by atoms with Crippen molar-refractivity contribution < 1.29 is 19.2 Å². The van der Waals surface area contributed by atoms with Gasteiger partial charge in [0.15, 0.2) is 34.6 Å². The van der Waals surface area contributed by atoms with E-state index in [0.29, 0.717) is 23.7 Å². The molecule has 48 heavy (non-hydrogen) atoms. The smallest absolute Gasteiger partial charge is 0.188 e. The highest BCUT2D eigenvalue weighted by Gasteiger charge is 2.54. The molecule has 8 aliphatic rings. The van der Waals surface area contributed by atoms with Crippen LogP contribution in [0.15, 0.2) is 22.1 Å². The number of aliphatic imine (C=N–C) groups is 2. The van der Waals surface area contributed by atoms with Gasteiger partial charge in [0.05, 0.1) is 9.75 Å². The highest BCUT2D eigenvalue weighted by atomic mass is 32.1. The molecule has 8 aliphatic carbocycles. The monoisotopic (exact) mass is 680 g/mol. The molecule has 7 fully saturated rings. The van der Waals surface area contributed by atoms with E-state index in [0.717, 1.165) is 61.4 Å². The first-order valence-electron chi connectivity index (χ1n) is 19.0. The molecule has 2 aromatic rings. The minimum atomic E-state index is -0.174. The van der Waals surface area contributed by atoms with Crippen LogP contribution in [0, 0.1) is 47.3 Å². The summed E-state index contributed by atoms with van der Waals surface area (Å²) in [7, 11) is 0. The lowest BCUT2D eigenvalue weighted by molar-refractivity contribution is -0.123. The number of nitrogens with zero attached hydrogens (tertiary/aromatic N) is 2. The molecule has 250 valence electrons. The molecule has 6 nitrogen and oxygen atoms in total. The first-order chi connectivity index (χ1) is 23.4. The third-order valence-corrected chi connectivity index (χ3v) is 16.7. The largest absolute Gasteiger partial charge is 0.292 e. The second kappa shape index (κ2) is 11.2. The van der Waals surface area contributed by atoms with Crippen LogP contribution in [-0.4, -0.2) is 34.6 Å². The topological polar surface area (TPSA) is 93.0 Å². The van der Waals surface area contributed by atoms with Crippen molar-refractivity contribution in [1.29, 1.82) is 0 Å². The van der Waals surface area contributed by atoms with Gasteiger partial charge in [-0.25, -0.2) is 9.98 Å². The van der Waals surface area contributed by atoms with Crippen molar-refractivity contribution in [3.63, 3.8) is 0 Å². The summed E-state index contributed by atoms with van der Waals surface area (Å²) in [5, 5.41) is 1.52. The van der Waals surface area contributed by atoms with Crippen molar-refractivity contribution in [2.45, 2.75) is 115 Å². The van der Waals surface area contributed by atoms with E-state index >= 15 is 0 Å². The highest BCUT2D eigenvalue weighted by molar-refractivity contribution is 7.26. The van der Waals surface area contributed by atoms with E-state index < -0.39 is 0 Å². The summed E-state index contributed by atoms with van der Waals surface area (Å²) in [6.45, 7) is 0. The van der Waals surface area contributed by atoms with Crippen LogP contribution >= 0.6 is 22.7 Å². The van der Waals surface area contributed by atoms with Gasteiger partial charge in [-0.2, -0.15) is 0 Å². The molecule has 0 bridgehead atoms. The Morgan fingerprint density at radius 1 is 0.500 bits per heavy atom. The number of ketones is 4. The van der Waals surface area contributed by atoms with Crippen molar-refractivity contribution in [2.75, 3.05) is 0 Å². The molecule has 0 radical (unpaired) electrons. The Labute approximate surface area is 290 Å². The predicted molar refractivity (Wildman–Crippen MR) is 189 cm³/mol. The maximum absolute atomic E-state index is 13.7. The normalized spacial score (nSPS) is 36.4. The summed E-state index contributed by atoms with van der Waals surface area (Å²) < 4.78 is 0. The summed E-state index contributed by atoms with van der Waals surface area (Å²) in [5.74, 6) is 1.59. The molecule has 0 aromatic carbocycles. The maximum atomic E-state index is 13.7. The molecule has 8 atom stereocenters. The third kappa shape index (κ3) is 4.39. The minimum absolute atomic E-state index is 0.0180. The number of carbonyl (C=O) groups is 4. The average Bonchev–Trinajstić information content (AvgIpc) is 3.88. The predicted octanol–water partition coefficient (Wildman–Crippen LogP) is 9.15. The Morgan fingerprint density at radius 2 is 0.854 bits per heavy atom.